The molecule has 0 unspecified atom stereocenters. The number of hydrogen-bond donors (Lipinski definition) is 0. The van der Waals surface area contributed by atoms with Crippen molar-refractivity contribution in [3.8, 4) is 44.5 Å². The van der Waals surface area contributed by atoms with Gasteiger partial charge in [-0.05, 0) is 147 Å². The molecule has 0 heterocycles. The minimum atomic E-state index is 0.0217. The molecule has 5 aromatic rings. The summed E-state index contributed by atoms with van der Waals surface area (Å²) >= 11 is 0. The Kier molecular flexibility index (Phi) is 9.92. The van der Waals surface area contributed by atoms with Crippen LogP contribution in [0.15, 0.2) is 91.0 Å². The molecule has 270 valence electrons. The van der Waals surface area contributed by atoms with E-state index in [1.54, 1.807) is 22.3 Å². The van der Waals surface area contributed by atoms with Crippen LogP contribution in [0.5, 0.6) is 0 Å². The third-order valence-electron chi connectivity index (χ3n) is 13.1. The van der Waals surface area contributed by atoms with Crippen LogP contribution in [-0.2, 0) is 16.2 Å². The molecule has 0 radical (unpaired) electrons. The standard InChI is InChI=1S/C52H62/c1-10-25-50(8,9)45-31-37(17-16-36(45)7)38-18-23-43-44-24-20-40(34-49(44)52(28-13-4,29-14-5)48(43)32-38)39-19-22-42-41-21-15-35(6)30-46(41)51(26-11-2,27-12-3)47(42)33-39/h15-24,30-34H,10-14,25-29H2,1-9H3. The molecule has 7 rings (SSSR count). The predicted molar refractivity (Wildman–Crippen MR) is 227 cm³/mol. The Bertz CT molecular complexity index is 2090. The maximum atomic E-state index is 2.60. The minimum absolute atomic E-state index is 0.0217. The minimum Gasteiger partial charge on any atom is -0.0654 e. The first kappa shape index (κ1) is 36.5. The summed E-state index contributed by atoms with van der Waals surface area (Å²) in [5.74, 6) is 0. The summed E-state index contributed by atoms with van der Waals surface area (Å²) in [5.41, 5.74) is 22.0. The van der Waals surface area contributed by atoms with Gasteiger partial charge in [0, 0.05) is 10.8 Å². The van der Waals surface area contributed by atoms with Crippen LogP contribution in [0.1, 0.15) is 152 Å². The summed E-state index contributed by atoms with van der Waals surface area (Å²) in [6.45, 7) is 21.2. The molecular weight excluding hydrogens is 625 g/mol. The summed E-state index contributed by atoms with van der Waals surface area (Å²) in [4.78, 5) is 0. The van der Waals surface area contributed by atoms with Crippen molar-refractivity contribution in [2.45, 2.75) is 143 Å². The van der Waals surface area contributed by atoms with Gasteiger partial charge in [0.2, 0.25) is 0 Å². The Morgan fingerprint density at radius 3 is 1.19 bits per heavy atom. The lowest BCUT2D eigenvalue weighted by molar-refractivity contribution is 0.435. The third-order valence-corrected chi connectivity index (χ3v) is 13.1. The molecule has 0 nitrogen and oxygen atoms in total. The van der Waals surface area contributed by atoms with Gasteiger partial charge in [0.05, 0.1) is 0 Å². The molecule has 2 aliphatic rings. The third kappa shape index (κ3) is 5.80. The molecule has 0 heteroatoms. The van der Waals surface area contributed by atoms with E-state index in [0.29, 0.717) is 0 Å². The summed E-state index contributed by atoms with van der Waals surface area (Å²) in [7, 11) is 0. The van der Waals surface area contributed by atoms with Crippen LogP contribution in [0.2, 0.25) is 0 Å². The van der Waals surface area contributed by atoms with E-state index in [0.717, 1.165) is 0 Å². The van der Waals surface area contributed by atoms with Crippen LogP contribution < -0.4 is 0 Å². The van der Waals surface area contributed by atoms with Crippen LogP contribution in [0.3, 0.4) is 0 Å². The Balaban J connectivity index is 1.35. The van der Waals surface area contributed by atoms with Gasteiger partial charge in [0.15, 0.2) is 0 Å². The van der Waals surface area contributed by atoms with Crippen LogP contribution in [0, 0.1) is 13.8 Å². The van der Waals surface area contributed by atoms with E-state index >= 15 is 0 Å². The fourth-order valence-electron chi connectivity index (χ4n) is 11.0. The van der Waals surface area contributed by atoms with Crippen molar-refractivity contribution in [3.05, 3.63) is 130 Å². The highest BCUT2D eigenvalue weighted by molar-refractivity contribution is 5.88. The van der Waals surface area contributed by atoms with Gasteiger partial charge in [0.25, 0.3) is 0 Å². The van der Waals surface area contributed by atoms with Crippen molar-refractivity contribution in [1.29, 1.82) is 0 Å². The lowest BCUT2D eigenvalue weighted by Gasteiger charge is -2.33. The number of fused-ring (bicyclic) bond motifs is 6. The Labute approximate surface area is 316 Å². The van der Waals surface area contributed by atoms with E-state index in [9.17, 15) is 0 Å². The lowest BCUT2D eigenvalue weighted by Crippen LogP contribution is -2.25. The molecule has 0 amide bonds. The fraction of sp³-hybridized carbons (Fsp3) is 0.423. The largest absolute Gasteiger partial charge is 0.0654 e. The average molecular weight is 687 g/mol. The molecule has 0 aliphatic heterocycles. The van der Waals surface area contributed by atoms with Crippen molar-refractivity contribution in [1.82, 2.24) is 0 Å². The van der Waals surface area contributed by atoms with Crippen molar-refractivity contribution in [2.75, 3.05) is 0 Å². The first-order valence-corrected chi connectivity index (χ1v) is 20.7. The van der Waals surface area contributed by atoms with E-state index in [1.807, 2.05) is 0 Å². The summed E-state index contributed by atoms with van der Waals surface area (Å²) in [6, 6.07) is 36.8. The topological polar surface area (TPSA) is 0 Å². The van der Waals surface area contributed by atoms with Crippen LogP contribution in [0.25, 0.3) is 44.5 Å². The monoisotopic (exact) mass is 686 g/mol. The van der Waals surface area contributed by atoms with Crippen LogP contribution in [-0.4, -0.2) is 0 Å². The van der Waals surface area contributed by atoms with Gasteiger partial charge in [-0.3, -0.25) is 0 Å². The number of aryl methyl sites for hydroxylation is 2. The van der Waals surface area contributed by atoms with Gasteiger partial charge in [-0.15, -0.1) is 0 Å². The molecular formula is C52H62. The van der Waals surface area contributed by atoms with Gasteiger partial charge in [-0.2, -0.15) is 0 Å². The van der Waals surface area contributed by atoms with Gasteiger partial charge >= 0.3 is 0 Å². The highest BCUT2D eigenvalue weighted by atomic mass is 14.5. The normalized spacial score (nSPS) is 14.9. The van der Waals surface area contributed by atoms with E-state index in [1.165, 1.54) is 125 Å². The van der Waals surface area contributed by atoms with E-state index in [4.69, 9.17) is 0 Å². The van der Waals surface area contributed by atoms with Crippen molar-refractivity contribution in [2.24, 2.45) is 0 Å². The molecule has 0 spiro atoms. The zero-order chi connectivity index (χ0) is 36.8. The number of hydrogen-bond acceptors (Lipinski definition) is 0. The first-order chi connectivity index (χ1) is 25.1. The zero-order valence-electron chi connectivity index (χ0n) is 33.7. The molecule has 0 N–H and O–H groups in total. The zero-order valence-corrected chi connectivity index (χ0v) is 33.7. The molecule has 0 atom stereocenters. The number of benzene rings is 5. The molecule has 0 saturated heterocycles. The van der Waals surface area contributed by atoms with E-state index < -0.39 is 0 Å². The summed E-state index contributed by atoms with van der Waals surface area (Å²) in [5, 5.41) is 0. The quantitative estimate of drug-likeness (QED) is 0.116. The average Bonchev–Trinajstić information content (AvgIpc) is 3.54. The molecule has 0 fully saturated rings. The second-order valence-corrected chi connectivity index (χ2v) is 17.2. The van der Waals surface area contributed by atoms with Crippen molar-refractivity contribution < 1.29 is 0 Å². The Morgan fingerprint density at radius 1 is 0.423 bits per heavy atom. The molecule has 5 aromatic carbocycles. The summed E-state index contributed by atoms with van der Waals surface area (Å²) < 4.78 is 0. The Hall–Kier alpha value is -3.90. The van der Waals surface area contributed by atoms with E-state index in [-0.39, 0.29) is 16.2 Å². The number of rotatable bonds is 13. The van der Waals surface area contributed by atoms with Gasteiger partial charge in [-0.1, -0.05) is 159 Å². The predicted octanol–water partition coefficient (Wildman–Crippen LogP) is 15.4. The highest BCUT2D eigenvalue weighted by Gasteiger charge is 2.44. The van der Waals surface area contributed by atoms with Gasteiger partial charge < -0.3 is 0 Å². The van der Waals surface area contributed by atoms with Crippen LogP contribution in [0.4, 0.5) is 0 Å². The van der Waals surface area contributed by atoms with Crippen LogP contribution >= 0.6 is 0 Å². The van der Waals surface area contributed by atoms with Crippen molar-refractivity contribution in [3.63, 3.8) is 0 Å². The lowest BCUT2D eigenvalue weighted by atomic mass is 9.70. The maximum absolute atomic E-state index is 2.60. The maximum Gasteiger partial charge on any atom is 0.0215 e. The fourth-order valence-corrected chi connectivity index (χ4v) is 11.0. The van der Waals surface area contributed by atoms with E-state index in [2.05, 4.69) is 153 Å². The first-order valence-electron chi connectivity index (χ1n) is 20.7. The molecule has 0 aromatic heterocycles. The second-order valence-electron chi connectivity index (χ2n) is 17.2. The molecule has 0 bridgehead atoms. The van der Waals surface area contributed by atoms with Gasteiger partial charge in [-0.25, -0.2) is 0 Å². The summed E-state index contributed by atoms with van der Waals surface area (Å²) in [6.07, 6.45) is 11.8. The SMILES string of the molecule is CCCC(C)(C)c1cc(-c2ccc3c(c2)C(CCC)(CCC)c2cc(-c4ccc5c(c4)C(CCC)(CCC)c4cc(C)ccc4-5)ccc2-3)ccc1C. The van der Waals surface area contributed by atoms with Crippen molar-refractivity contribution >= 4 is 0 Å². The second kappa shape index (κ2) is 14.2. The molecule has 52 heavy (non-hydrogen) atoms. The Morgan fingerprint density at radius 2 is 0.788 bits per heavy atom. The van der Waals surface area contributed by atoms with Gasteiger partial charge in [0.1, 0.15) is 0 Å². The smallest absolute Gasteiger partial charge is 0.0215 e. The highest BCUT2D eigenvalue weighted by Crippen LogP contribution is 2.57. The molecule has 2 aliphatic carbocycles. The molecule has 0 saturated carbocycles.